The predicted molar refractivity (Wildman–Crippen MR) is 77.8 cm³/mol. The van der Waals surface area contributed by atoms with Crippen molar-refractivity contribution < 1.29 is 4.39 Å². The molecule has 0 aliphatic carbocycles. The van der Waals surface area contributed by atoms with Crippen molar-refractivity contribution in [2.45, 2.75) is 13.3 Å². The van der Waals surface area contributed by atoms with Gasteiger partial charge in [0.15, 0.2) is 0 Å². The summed E-state index contributed by atoms with van der Waals surface area (Å²) >= 11 is 0. The van der Waals surface area contributed by atoms with Gasteiger partial charge in [0.05, 0.1) is 24.5 Å². The Hall–Kier alpha value is -2.68. The van der Waals surface area contributed by atoms with E-state index in [-0.39, 0.29) is 23.5 Å². The highest BCUT2D eigenvalue weighted by atomic mass is 19.1. The monoisotopic (exact) mass is 276 g/mol. The van der Waals surface area contributed by atoms with Gasteiger partial charge in [-0.1, -0.05) is 13.0 Å². The number of nitrogens with zero attached hydrogens (tertiary/aromatic N) is 2. The smallest absolute Gasteiger partial charge is 0.252 e. The van der Waals surface area contributed by atoms with E-state index in [0.717, 1.165) is 6.08 Å². The molecule has 0 aliphatic heterocycles. The lowest BCUT2D eigenvalue weighted by atomic mass is 10.2. The number of nitriles is 1. The molecule has 5 nitrogen and oxygen atoms in total. The maximum atomic E-state index is 13.4. The number of halogens is 1. The van der Waals surface area contributed by atoms with E-state index in [1.165, 1.54) is 12.4 Å². The zero-order valence-corrected chi connectivity index (χ0v) is 11.3. The molecule has 0 bridgehead atoms. The van der Waals surface area contributed by atoms with Crippen LogP contribution in [0, 0.1) is 11.3 Å². The van der Waals surface area contributed by atoms with Crippen LogP contribution in [0.3, 0.4) is 0 Å². The van der Waals surface area contributed by atoms with E-state index in [4.69, 9.17) is 5.26 Å². The van der Waals surface area contributed by atoms with Crippen LogP contribution in [-0.2, 0) is 0 Å². The quantitative estimate of drug-likeness (QED) is 0.492. The Morgan fingerprint density at radius 2 is 2.35 bits per heavy atom. The minimum Gasteiger partial charge on any atom is -0.363 e. The van der Waals surface area contributed by atoms with E-state index in [0.29, 0.717) is 6.42 Å². The maximum Gasteiger partial charge on any atom is 0.252 e. The van der Waals surface area contributed by atoms with Crippen molar-refractivity contribution >= 4 is 5.82 Å². The number of anilines is 1. The Kier molecular flexibility index (Phi) is 8.89. The fourth-order valence-electron chi connectivity index (χ4n) is 1.22. The molecular weight excluding hydrogens is 259 g/mol. The standard InChI is InChI=1S/C12H13FN4O.C2H4/c1-2-3-9(6-14)4-10(13)7-15-11-5-12(18)17-8-16-11;1-2/h3-5,8H,2,7H2,1H3,(H2,15,16,17,18);1-2H2/b9-3+,10-4+;. The first-order chi connectivity index (χ1) is 9.65. The second-order valence-corrected chi connectivity index (χ2v) is 3.42. The van der Waals surface area contributed by atoms with Crippen LogP contribution in [0.2, 0.25) is 0 Å². The number of nitrogens with one attached hydrogen (secondary N) is 2. The molecule has 2 N–H and O–H groups in total. The number of hydrogen-bond donors (Lipinski definition) is 2. The largest absolute Gasteiger partial charge is 0.363 e. The first kappa shape index (κ1) is 17.3. The van der Waals surface area contributed by atoms with Gasteiger partial charge in [0.25, 0.3) is 5.56 Å². The second-order valence-electron chi connectivity index (χ2n) is 3.42. The van der Waals surface area contributed by atoms with Crippen LogP contribution in [0.15, 0.2) is 53.9 Å². The summed E-state index contributed by atoms with van der Waals surface area (Å²) in [5.41, 5.74) is -0.0452. The van der Waals surface area contributed by atoms with Crippen LogP contribution in [-0.4, -0.2) is 16.5 Å². The minimum absolute atomic E-state index is 0.126. The number of rotatable bonds is 5. The van der Waals surface area contributed by atoms with E-state index in [2.05, 4.69) is 28.4 Å². The molecule has 6 heteroatoms. The van der Waals surface area contributed by atoms with Gasteiger partial charge >= 0.3 is 0 Å². The fraction of sp³-hybridized carbons (Fsp3) is 0.214. The molecule has 0 fully saturated rings. The van der Waals surface area contributed by atoms with E-state index in [1.807, 2.05) is 13.0 Å². The maximum absolute atomic E-state index is 13.4. The molecule has 0 radical (unpaired) electrons. The summed E-state index contributed by atoms with van der Waals surface area (Å²) in [6.07, 6.45) is 4.68. The SMILES string of the molecule is C=C.CC/C=C(C#N)\C=C(\F)CNc1cc(=O)[nH]cn1. The average Bonchev–Trinajstić information content (AvgIpc) is 2.47. The zero-order valence-electron chi connectivity index (χ0n) is 11.3. The van der Waals surface area contributed by atoms with E-state index in [1.54, 1.807) is 6.08 Å². The van der Waals surface area contributed by atoms with Crippen molar-refractivity contribution in [2.75, 3.05) is 11.9 Å². The third-order valence-corrected chi connectivity index (χ3v) is 1.98. The van der Waals surface area contributed by atoms with Gasteiger partial charge in [0, 0.05) is 6.07 Å². The van der Waals surface area contributed by atoms with Gasteiger partial charge in [-0.25, -0.2) is 9.37 Å². The molecule has 0 saturated heterocycles. The lowest BCUT2D eigenvalue weighted by Crippen LogP contribution is -2.10. The van der Waals surface area contributed by atoms with Crippen molar-refractivity contribution in [3.05, 3.63) is 59.5 Å². The molecule has 20 heavy (non-hydrogen) atoms. The summed E-state index contributed by atoms with van der Waals surface area (Å²) in [7, 11) is 0. The van der Waals surface area contributed by atoms with E-state index < -0.39 is 5.83 Å². The van der Waals surface area contributed by atoms with Crippen molar-refractivity contribution in [1.82, 2.24) is 9.97 Å². The summed E-state index contributed by atoms with van der Waals surface area (Å²) in [5, 5.41) is 11.4. The molecule has 1 heterocycles. The van der Waals surface area contributed by atoms with E-state index >= 15 is 0 Å². The Bertz CT molecular complexity index is 569. The normalized spacial score (nSPS) is 11.1. The predicted octanol–water partition coefficient (Wildman–Crippen LogP) is 2.70. The Balaban J connectivity index is 0.00000172. The Labute approximate surface area is 117 Å². The Morgan fingerprint density at radius 3 is 2.90 bits per heavy atom. The summed E-state index contributed by atoms with van der Waals surface area (Å²) in [5.74, 6) is -0.224. The Morgan fingerprint density at radius 1 is 1.65 bits per heavy atom. The molecular formula is C14H17FN4O. The summed E-state index contributed by atoms with van der Waals surface area (Å²) in [6, 6.07) is 3.11. The van der Waals surface area contributed by atoms with Gasteiger partial charge < -0.3 is 10.3 Å². The summed E-state index contributed by atoms with van der Waals surface area (Å²) in [6.45, 7) is 7.74. The molecule has 1 rings (SSSR count). The van der Waals surface area contributed by atoms with Gasteiger partial charge in [0.2, 0.25) is 0 Å². The third-order valence-electron chi connectivity index (χ3n) is 1.98. The highest BCUT2D eigenvalue weighted by Crippen LogP contribution is 2.06. The molecule has 1 aromatic rings. The lowest BCUT2D eigenvalue weighted by molar-refractivity contribution is 0.625. The lowest BCUT2D eigenvalue weighted by Gasteiger charge is -2.02. The molecule has 0 atom stereocenters. The number of aromatic nitrogens is 2. The first-order valence-corrected chi connectivity index (χ1v) is 5.90. The van der Waals surface area contributed by atoms with Gasteiger partial charge in [0.1, 0.15) is 11.6 Å². The van der Waals surface area contributed by atoms with Crippen LogP contribution in [0.1, 0.15) is 13.3 Å². The molecule has 0 spiro atoms. The van der Waals surface area contributed by atoms with E-state index in [9.17, 15) is 9.18 Å². The molecule has 0 saturated carbocycles. The third kappa shape index (κ3) is 6.91. The molecule has 0 aromatic carbocycles. The first-order valence-electron chi connectivity index (χ1n) is 5.90. The van der Waals surface area contributed by atoms with Crippen LogP contribution >= 0.6 is 0 Å². The molecule has 0 aliphatic rings. The average molecular weight is 276 g/mol. The van der Waals surface area contributed by atoms with Crippen LogP contribution in [0.4, 0.5) is 10.2 Å². The molecule has 106 valence electrons. The topological polar surface area (TPSA) is 81.6 Å². The molecule has 0 amide bonds. The highest BCUT2D eigenvalue weighted by molar-refractivity contribution is 5.37. The minimum atomic E-state index is -0.502. The highest BCUT2D eigenvalue weighted by Gasteiger charge is 1.99. The fourth-order valence-corrected chi connectivity index (χ4v) is 1.22. The zero-order chi connectivity index (χ0) is 15.4. The molecule has 0 unspecified atom stereocenters. The summed E-state index contributed by atoms with van der Waals surface area (Å²) in [4.78, 5) is 17.1. The van der Waals surface area contributed by atoms with Gasteiger partial charge in [-0.3, -0.25) is 4.79 Å². The number of hydrogen-bond acceptors (Lipinski definition) is 4. The van der Waals surface area contributed by atoms with Gasteiger partial charge in [-0.05, 0) is 12.5 Å². The van der Waals surface area contributed by atoms with Crippen molar-refractivity contribution in [3.63, 3.8) is 0 Å². The van der Waals surface area contributed by atoms with Gasteiger partial charge in [-0.15, -0.1) is 13.2 Å². The van der Waals surface area contributed by atoms with Crippen molar-refractivity contribution in [3.8, 4) is 6.07 Å². The van der Waals surface area contributed by atoms with Crippen LogP contribution in [0.5, 0.6) is 0 Å². The van der Waals surface area contributed by atoms with Crippen LogP contribution < -0.4 is 10.9 Å². The van der Waals surface area contributed by atoms with Crippen molar-refractivity contribution in [1.29, 1.82) is 5.26 Å². The second kappa shape index (κ2) is 10.3. The van der Waals surface area contributed by atoms with Crippen LogP contribution in [0.25, 0.3) is 0 Å². The number of allylic oxidation sites excluding steroid dienone is 3. The summed E-state index contributed by atoms with van der Waals surface area (Å²) < 4.78 is 13.4. The number of aromatic amines is 1. The van der Waals surface area contributed by atoms with Gasteiger partial charge in [-0.2, -0.15) is 5.26 Å². The van der Waals surface area contributed by atoms with Crippen molar-refractivity contribution in [2.24, 2.45) is 0 Å². The number of H-pyrrole nitrogens is 1. The molecule has 1 aromatic heterocycles.